The molecule has 5 heteroatoms. The van der Waals surface area contributed by atoms with Crippen molar-refractivity contribution in [3.05, 3.63) is 23.7 Å². The average molecular weight is 277 g/mol. The van der Waals surface area contributed by atoms with Crippen LogP contribution < -0.4 is 0 Å². The second-order valence-corrected chi connectivity index (χ2v) is 5.82. The van der Waals surface area contributed by atoms with Crippen molar-refractivity contribution in [1.29, 1.82) is 0 Å². The van der Waals surface area contributed by atoms with Crippen molar-refractivity contribution >= 4 is 11.9 Å². The van der Waals surface area contributed by atoms with E-state index in [-0.39, 0.29) is 17.7 Å². The lowest BCUT2D eigenvalue weighted by Crippen LogP contribution is -2.46. The van der Waals surface area contributed by atoms with Gasteiger partial charge in [0.05, 0.1) is 0 Å². The number of furan rings is 1. The highest BCUT2D eigenvalue weighted by atomic mass is 16.4. The van der Waals surface area contributed by atoms with Crippen LogP contribution in [0.3, 0.4) is 0 Å². The molecule has 2 fully saturated rings. The SMILES string of the molecule is Cc1ccc(C(=O)N2[C@@H]3CCCC[C@@H]3C[C@H]2C(=O)O)o1. The molecule has 3 rings (SSSR count). The third-order valence-corrected chi connectivity index (χ3v) is 4.56. The van der Waals surface area contributed by atoms with E-state index in [1.165, 1.54) is 0 Å². The maximum atomic E-state index is 12.6. The standard InChI is InChI=1S/C15H19NO4/c1-9-6-7-13(20-9)14(17)16-11-5-3-2-4-10(11)8-12(16)15(18)19/h6-7,10-12H,2-5,8H2,1H3,(H,18,19)/t10-,11-,12+/m1/s1. The quantitative estimate of drug-likeness (QED) is 0.901. The van der Waals surface area contributed by atoms with Gasteiger partial charge in [-0.3, -0.25) is 4.79 Å². The van der Waals surface area contributed by atoms with Gasteiger partial charge in [0.1, 0.15) is 11.8 Å². The van der Waals surface area contributed by atoms with Crippen molar-refractivity contribution in [3.63, 3.8) is 0 Å². The number of amides is 1. The molecule has 108 valence electrons. The summed E-state index contributed by atoms with van der Waals surface area (Å²) in [4.78, 5) is 25.6. The van der Waals surface area contributed by atoms with Crippen LogP contribution in [0.2, 0.25) is 0 Å². The van der Waals surface area contributed by atoms with E-state index in [9.17, 15) is 14.7 Å². The van der Waals surface area contributed by atoms with Gasteiger partial charge in [0.15, 0.2) is 5.76 Å². The molecule has 0 spiro atoms. The Balaban J connectivity index is 1.90. The fourth-order valence-corrected chi connectivity index (χ4v) is 3.65. The molecule has 1 saturated carbocycles. The van der Waals surface area contributed by atoms with E-state index >= 15 is 0 Å². The van der Waals surface area contributed by atoms with Gasteiger partial charge in [0.25, 0.3) is 5.91 Å². The molecular formula is C15H19NO4. The van der Waals surface area contributed by atoms with Crippen LogP contribution in [0.25, 0.3) is 0 Å². The summed E-state index contributed by atoms with van der Waals surface area (Å²) in [5.74, 6) is 0.0559. The zero-order valence-electron chi connectivity index (χ0n) is 11.5. The minimum Gasteiger partial charge on any atom is -0.480 e. The van der Waals surface area contributed by atoms with Crippen LogP contribution in [0.15, 0.2) is 16.5 Å². The molecule has 20 heavy (non-hydrogen) atoms. The molecule has 1 aliphatic carbocycles. The van der Waals surface area contributed by atoms with Gasteiger partial charge in [-0.2, -0.15) is 0 Å². The number of carboxylic acid groups (broad SMARTS) is 1. The largest absolute Gasteiger partial charge is 0.480 e. The van der Waals surface area contributed by atoms with E-state index in [4.69, 9.17) is 4.42 Å². The van der Waals surface area contributed by atoms with Crippen molar-refractivity contribution in [2.24, 2.45) is 5.92 Å². The van der Waals surface area contributed by atoms with Crippen molar-refractivity contribution in [2.75, 3.05) is 0 Å². The lowest BCUT2D eigenvalue weighted by atomic mass is 9.84. The lowest BCUT2D eigenvalue weighted by Gasteiger charge is -2.32. The summed E-state index contributed by atoms with van der Waals surface area (Å²) in [7, 11) is 0. The fraction of sp³-hybridized carbons (Fsp3) is 0.600. The minimum atomic E-state index is -0.906. The molecule has 2 aliphatic rings. The summed E-state index contributed by atoms with van der Waals surface area (Å²) in [5, 5.41) is 9.41. The summed E-state index contributed by atoms with van der Waals surface area (Å²) >= 11 is 0. The molecule has 0 radical (unpaired) electrons. The first-order chi connectivity index (χ1) is 9.58. The van der Waals surface area contributed by atoms with Crippen LogP contribution in [-0.2, 0) is 4.79 Å². The van der Waals surface area contributed by atoms with Crippen LogP contribution in [-0.4, -0.2) is 34.0 Å². The van der Waals surface area contributed by atoms with Crippen LogP contribution in [0.4, 0.5) is 0 Å². The Labute approximate surface area is 117 Å². The number of nitrogens with zero attached hydrogens (tertiary/aromatic N) is 1. The van der Waals surface area contributed by atoms with Gasteiger partial charge in [-0.1, -0.05) is 12.8 Å². The third kappa shape index (κ3) is 2.11. The monoisotopic (exact) mass is 277 g/mol. The number of carboxylic acids is 1. The highest BCUT2D eigenvalue weighted by Gasteiger charge is 2.48. The molecule has 3 atom stereocenters. The molecule has 1 N–H and O–H groups in total. The molecule has 1 amide bonds. The first-order valence-corrected chi connectivity index (χ1v) is 7.20. The number of rotatable bonds is 2. The number of hydrogen-bond donors (Lipinski definition) is 1. The molecule has 0 unspecified atom stereocenters. The van der Waals surface area contributed by atoms with Gasteiger partial charge < -0.3 is 14.4 Å². The van der Waals surface area contributed by atoms with Crippen LogP contribution in [0, 0.1) is 12.8 Å². The molecular weight excluding hydrogens is 258 g/mol. The van der Waals surface area contributed by atoms with Gasteiger partial charge in [-0.25, -0.2) is 4.79 Å². The summed E-state index contributed by atoms with van der Waals surface area (Å²) in [6.45, 7) is 1.78. The normalized spacial score (nSPS) is 29.2. The molecule has 5 nitrogen and oxygen atoms in total. The molecule has 1 aliphatic heterocycles. The molecule has 1 saturated heterocycles. The van der Waals surface area contributed by atoms with E-state index in [2.05, 4.69) is 0 Å². The number of hydrogen-bond acceptors (Lipinski definition) is 3. The maximum absolute atomic E-state index is 12.6. The van der Waals surface area contributed by atoms with Gasteiger partial charge in [-0.05, 0) is 44.2 Å². The van der Waals surface area contributed by atoms with Crippen molar-refractivity contribution < 1.29 is 19.1 Å². The maximum Gasteiger partial charge on any atom is 0.326 e. The van der Waals surface area contributed by atoms with E-state index in [0.717, 1.165) is 25.7 Å². The topological polar surface area (TPSA) is 70.8 Å². The summed E-state index contributed by atoms with van der Waals surface area (Å²) < 4.78 is 5.38. The second kappa shape index (κ2) is 4.96. The minimum absolute atomic E-state index is 0.0581. The zero-order chi connectivity index (χ0) is 14.3. The van der Waals surface area contributed by atoms with Crippen molar-refractivity contribution in [2.45, 2.75) is 51.1 Å². The Morgan fingerprint density at radius 2 is 2.05 bits per heavy atom. The molecule has 2 heterocycles. The fourth-order valence-electron chi connectivity index (χ4n) is 3.65. The predicted molar refractivity (Wildman–Crippen MR) is 71.4 cm³/mol. The number of aliphatic carboxylic acids is 1. The van der Waals surface area contributed by atoms with E-state index in [1.807, 2.05) is 0 Å². The van der Waals surface area contributed by atoms with E-state index in [0.29, 0.717) is 18.1 Å². The van der Waals surface area contributed by atoms with Crippen molar-refractivity contribution in [1.82, 2.24) is 4.90 Å². The summed E-state index contributed by atoms with van der Waals surface area (Å²) in [5.41, 5.74) is 0. The zero-order valence-corrected chi connectivity index (χ0v) is 11.5. The van der Waals surface area contributed by atoms with Crippen LogP contribution in [0.1, 0.15) is 48.4 Å². The number of carbonyl (C=O) groups is 2. The van der Waals surface area contributed by atoms with Crippen LogP contribution >= 0.6 is 0 Å². The van der Waals surface area contributed by atoms with Crippen LogP contribution in [0.5, 0.6) is 0 Å². The van der Waals surface area contributed by atoms with Crippen molar-refractivity contribution in [3.8, 4) is 0 Å². The highest BCUT2D eigenvalue weighted by Crippen LogP contribution is 2.40. The Bertz CT molecular complexity index is 536. The average Bonchev–Trinajstić information content (AvgIpc) is 3.01. The van der Waals surface area contributed by atoms with E-state index in [1.54, 1.807) is 24.0 Å². The Kier molecular flexibility index (Phi) is 3.28. The van der Waals surface area contributed by atoms with Gasteiger partial charge in [0.2, 0.25) is 0 Å². The third-order valence-electron chi connectivity index (χ3n) is 4.56. The Morgan fingerprint density at radius 3 is 2.70 bits per heavy atom. The molecule has 0 bridgehead atoms. The molecule has 1 aromatic heterocycles. The van der Waals surface area contributed by atoms with Gasteiger partial charge in [-0.15, -0.1) is 0 Å². The predicted octanol–water partition coefficient (Wildman–Crippen LogP) is 2.45. The smallest absolute Gasteiger partial charge is 0.326 e. The van der Waals surface area contributed by atoms with Gasteiger partial charge in [0, 0.05) is 6.04 Å². The first kappa shape index (κ1) is 13.2. The van der Waals surface area contributed by atoms with E-state index < -0.39 is 12.0 Å². The molecule has 0 aromatic carbocycles. The summed E-state index contributed by atoms with van der Waals surface area (Å²) in [6, 6.07) is 2.72. The Hall–Kier alpha value is -1.78. The lowest BCUT2D eigenvalue weighted by molar-refractivity contribution is -0.141. The number of fused-ring (bicyclic) bond motifs is 1. The van der Waals surface area contributed by atoms with Gasteiger partial charge >= 0.3 is 5.97 Å². The molecule has 1 aromatic rings. The second-order valence-electron chi connectivity index (χ2n) is 5.82. The number of carbonyl (C=O) groups excluding carboxylic acids is 1. The number of aryl methyl sites for hydroxylation is 1. The number of likely N-dealkylation sites (tertiary alicyclic amines) is 1. The highest BCUT2D eigenvalue weighted by molar-refractivity contribution is 5.95. The Morgan fingerprint density at radius 1 is 1.30 bits per heavy atom. The first-order valence-electron chi connectivity index (χ1n) is 7.20. The summed E-state index contributed by atoms with van der Waals surface area (Å²) in [6.07, 6.45) is 4.70.